The van der Waals surface area contributed by atoms with Gasteiger partial charge in [-0.2, -0.15) is 0 Å². The molecule has 1 unspecified atom stereocenters. The van der Waals surface area contributed by atoms with Gasteiger partial charge in [0.25, 0.3) is 0 Å². The minimum absolute atomic E-state index is 0.0675. The van der Waals surface area contributed by atoms with Crippen molar-refractivity contribution in [1.29, 1.82) is 0 Å². The molecule has 4 heteroatoms. The normalized spacial score (nSPS) is 13.2. The Morgan fingerprint density at radius 3 is 2.62 bits per heavy atom. The minimum Gasteiger partial charge on any atom is -0.370 e. The predicted molar refractivity (Wildman–Crippen MR) is 30.5 cm³/mol. The standard InChI is InChI=1S/C4H8ClNO2/c1-8-3(5)2-4(6)7/h3H,2H2,1H3,(H2,6,7). The predicted octanol–water partition coefficient (Wildman–Crippen LogP) is 0.0731. The average Bonchev–Trinajstić information content (AvgIpc) is 1.65. The molecular weight excluding hydrogens is 130 g/mol. The number of alkyl halides is 1. The van der Waals surface area contributed by atoms with Crippen molar-refractivity contribution in [3.8, 4) is 0 Å². The molecule has 0 aliphatic heterocycles. The van der Waals surface area contributed by atoms with Crippen molar-refractivity contribution in [2.75, 3.05) is 7.11 Å². The third-order valence-electron chi connectivity index (χ3n) is 0.617. The molecule has 48 valence electrons. The highest BCUT2D eigenvalue weighted by Crippen LogP contribution is 1.99. The summed E-state index contributed by atoms with van der Waals surface area (Å²) in [4.78, 5) is 10.0. The molecule has 0 radical (unpaired) electrons. The number of rotatable bonds is 3. The number of amides is 1. The van der Waals surface area contributed by atoms with E-state index in [0.29, 0.717) is 0 Å². The van der Waals surface area contributed by atoms with Gasteiger partial charge in [0.1, 0.15) is 5.56 Å². The number of nitrogens with two attached hydrogens (primary N) is 1. The Balaban J connectivity index is 3.24. The molecule has 0 aromatic heterocycles. The first kappa shape index (κ1) is 7.72. The van der Waals surface area contributed by atoms with Crippen LogP contribution in [-0.4, -0.2) is 18.6 Å². The molecule has 0 heterocycles. The van der Waals surface area contributed by atoms with Crippen molar-refractivity contribution in [2.24, 2.45) is 5.73 Å². The third-order valence-corrected chi connectivity index (χ3v) is 0.950. The van der Waals surface area contributed by atoms with Gasteiger partial charge in [-0.1, -0.05) is 11.6 Å². The van der Waals surface area contributed by atoms with Gasteiger partial charge in [-0.25, -0.2) is 0 Å². The average molecular weight is 138 g/mol. The lowest BCUT2D eigenvalue weighted by Crippen LogP contribution is -2.17. The van der Waals surface area contributed by atoms with E-state index in [2.05, 4.69) is 4.74 Å². The molecule has 1 atom stereocenters. The first-order valence-corrected chi connectivity index (χ1v) is 2.55. The van der Waals surface area contributed by atoms with E-state index in [-0.39, 0.29) is 6.42 Å². The van der Waals surface area contributed by atoms with Gasteiger partial charge in [0.2, 0.25) is 5.91 Å². The Morgan fingerprint density at radius 1 is 2.00 bits per heavy atom. The molecule has 0 aromatic carbocycles. The van der Waals surface area contributed by atoms with Crippen LogP contribution in [0.1, 0.15) is 6.42 Å². The summed E-state index contributed by atoms with van der Waals surface area (Å²) >= 11 is 5.34. The zero-order valence-corrected chi connectivity index (χ0v) is 5.31. The second-order valence-electron chi connectivity index (χ2n) is 1.32. The Bertz CT molecular complexity index is 86.1. The Hall–Kier alpha value is -0.280. The largest absolute Gasteiger partial charge is 0.370 e. The summed E-state index contributed by atoms with van der Waals surface area (Å²) in [7, 11) is 1.42. The molecule has 3 nitrogen and oxygen atoms in total. The molecule has 0 bridgehead atoms. The molecule has 0 aliphatic rings. The smallest absolute Gasteiger partial charge is 0.221 e. The number of primary amides is 1. The minimum atomic E-state index is -0.576. The van der Waals surface area contributed by atoms with Crippen LogP contribution in [0.4, 0.5) is 0 Å². The number of halogens is 1. The van der Waals surface area contributed by atoms with Crippen LogP contribution in [0.2, 0.25) is 0 Å². The van der Waals surface area contributed by atoms with Crippen LogP contribution in [0.25, 0.3) is 0 Å². The van der Waals surface area contributed by atoms with Crippen molar-refractivity contribution < 1.29 is 9.53 Å². The van der Waals surface area contributed by atoms with E-state index < -0.39 is 11.5 Å². The van der Waals surface area contributed by atoms with E-state index in [1.807, 2.05) is 0 Å². The third kappa shape index (κ3) is 3.89. The van der Waals surface area contributed by atoms with Crippen molar-refractivity contribution in [3.63, 3.8) is 0 Å². The highest BCUT2D eigenvalue weighted by atomic mass is 35.5. The Kier molecular flexibility index (Phi) is 3.56. The number of hydrogen-bond donors (Lipinski definition) is 1. The van der Waals surface area contributed by atoms with Gasteiger partial charge >= 0.3 is 0 Å². The topological polar surface area (TPSA) is 52.3 Å². The van der Waals surface area contributed by atoms with E-state index in [1.165, 1.54) is 7.11 Å². The Morgan fingerprint density at radius 2 is 2.50 bits per heavy atom. The molecule has 1 amide bonds. The maximum Gasteiger partial charge on any atom is 0.221 e. The monoisotopic (exact) mass is 137 g/mol. The lowest BCUT2D eigenvalue weighted by molar-refractivity contribution is -0.119. The van der Waals surface area contributed by atoms with Crippen LogP contribution >= 0.6 is 11.6 Å². The fourth-order valence-electron chi connectivity index (χ4n) is 0.242. The zero-order valence-electron chi connectivity index (χ0n) is 4.56. The first-order chi connectivity index (χ1) is 3.66. The zero-order chi connectivity index (χ0) is 6.57. The lowest BCUT2D eigenvalue weighted by atomic mass is 10.4. The highest BCUT2D eigenvalue weighted by molar-refractivity contribution is 6.20. The fourth-order valence-corrected chi connectivity index (χ4v) is 0.394. The van der Waals surface area contributed by atoms with E-state index in [4.69, 9.17) is 17.3 Å². The number of hydrogen-bond acceptors (Lipinski definition) is 2. The SMILES string of the molecule is COC(Cl)CC(N)=O. The fraction of sp³-hybridized carbons (Fsp3) is 0.750. The van der Waals surface area contributed by atoms with Gasteiger partial charge in [0.15, 0.2) is 0 Å². The van der Waals surface area contributed by atoms with E-state index in [1.54, 1.807) is 0 Å². The summed E-state index contributed by atoms with van der Waals surface area (Å²) in [6.07, 6.45) is 0.0675. The van der Waals surface area contributed by atoms with Gasteiger partial charge < -0.3 is 10.5 Å². The first-order valence-electron chi connectivity index (χ1n) is 2.12. The molecule has 0 aromatic rings. The van der Waals surface area contributed by atoms with Crippen LogP contribution in [0.3, 0.4) is 0 Å². The van der Waals surface area contributed by atoms with Crippen LogP contribution < -0.4 is 5.73 Å². The summed E-state index contributed by atoms with van der Waals surface area (Å²) in [5.41, 5.74) is 4.19. The molecule has 0 fully saturated rings. The van der Waals surface area contributed by atoms with Gasteiger partial charge in [0, 0.05) is 7.11 Å². The summed E-state index contributed by atoms with van der Waals surface area (Å²) < 4.78 is 4.53. The second-order valence-corrected chi connectivity index (χ2v) is 1.80. The van der Waals surface area contributed by atoms with Crippen LogP contribution in [-0.2, 0) is 9.53 Å². The van der Waals surface area contributed by atoms with Gasteiger partial charge in [-0.3, -0.25) is 4.79 Å². The highest BCUT2D eigenvalue weighted by Gasteiger charge is 2.04. The van der Waals surface area contributed by atoms with Crippen molar-refractivity contribution in [3.05, 3.63) is 0 Å². The maximum atomic E-state index is 10.0. The second kappa shape index (κ2) is 3.69. The van der Waals surface area contributed by atoms with E-state index >= 15 is 0 Å². The van der Waals surface area contributed by atoms with E-state index in [9.17, 15) is 4.79 Å². The van der Waals surface area contributed by atoms with Crippen molar-refractivity contribution in [2.45, 2.75) is 12.0 Å². The molecule has 0 rings (SSSR count). The maximum absolute atomic E-state index is 10.0. The molecule has 0 saturated heterocycles. The molecule has 0 spiro atoms. The molecule has 8 heavy (non-hydrogen) atoms. The summed E-state index contributed by atoms with van der Waals surface area (Å²) in [6, 6.07) is 0. The molecule has 0 saturated carbocycles. The van der Waals surface area contributed by atoms with Crippen LogP contribution in [0.15, 0.2) is 0 Å². The quantitative estimate of drug-likeness (QED) is 0.560. The van der Waals surface area contributed by atoms with E-state index in [0.717, 1.165) is 0 Å². The number of methoxy groups -OCH3 is 1. The molecular formula is C4H8ClNO2. The number of ether oxygens (including phenoxy) is 1. The Labute approximate surface area is 52.8 Å². The van der Waals surface area contributed by atoms with Crippen LogP contribution in [0, 0.1) is 0 Å². The van der Waals surface area contributed by atoms with Gasteiger partial charge in [-0.05, 0) is 0 Å². The van der Waals surface area contributed by atoms with Gasteiger partial charge in [0.05, 0.1) is 6.42 Å². The van der Waals surface area contributed by atoms with Crippen LogP contribution in [0.5, 0.6) is 0 Å². The van der Waals surface area contributed by atoms with Gasteiger partial charge in [-0.15, -0.1) is 0 Å². The summed E-state index contributed by atoms with van der Waals surface area (Å²) in [5, 5.41) is 0. The molecule has 2 N–H and O–H groups in total. The summed E-state index contributed by atoms with van der Waals surface area (Å²) in [5.74, 6) is -0.452. The molecule has 0 aliphatic carbocycles. The van der Waals surface area contributed by atoms with Crippen molar-refractivity contribution >= 4 is 17.5 Å². The summed E-state index contributed by atoms with van der Waals surface area (Å²) in [6.45, 7) is 0. The number of carbonyl (C=O) groups excluding carboxylic acids is 1. The van der Waals surface area contributed by atoms with Crippen molar-refractivity contribution in [1.82, 2.24) is 0 Å². The number of carbonyl (C=O) groups is 1. The lowest BCUT2D eigenvalue weighted by Gasteiger charge is -2.01.